The van der Waals surface area contributed by atoms with Crippen molar-refractivity contribution in [2.75, 3.05) is 37.8 Å². The molecule has 0 aliphatic carbocycles. The average Bonchev–Trinajstić information content (AvgIpc) is 3.07. The Kier molecular flexibility index (Phi) is 6.55. The summed E-state index contributed by atoms with van der Waals surface area (Å²) in [6.07, 6.45) is 2.19. The molecule has 0 bridgehead atoms. The Bertz CT molecular complexity index is 822. The lowest BCUT2D eigenvalue weighted by molar-refractivity contribution is -0.210. The fourth-order valence-corrected chi connectivity index (χ4v) is 4.96. The number of hydrogen-bond acceptors (Lipinski definition) is 6. The van der Waals surface area contributed by atoms with Crippen LogP contribution in [0, 0.1) is 18.3 Å². The summed E-state index contributed by atoms with van der Waals surface area (Å²) in [5.74, 6) is 1.37. The van der Waals surface area contributed by atoms with E-state index in [0.29, 0.717) is 23.6 Å². The number of thiazole rings is 1. The zero-order chi connectivity index (χ0) is 20.3. The maximum atomic E-state index is 6.16. The molecule has 0 amide bonds. The number of rotatable bonds is 7. The van der Waals surface area contributed by atoms with Gasteiger partial charge < -0.3 is 14.4 Å². The largest absolute Gasteiger partial charge is 0.491 e. The van der Waals surface area contributed by atoms with E-state index in [1.807, 2.05) is 13.0 Å². The molecule has 2 N–H and O–H groups in total. The van der Waals surface area contributed by atoms with Gasteiger partial charge in [-0.15, -0.1) is 0 Å². The fourth-order valence-electron chi connectivity index (χ4n) is 3.85. The lowest BCUT2D eigenvalue weighted by Crippen LogP contribution is -2.36. The van der Waals surface area contributed by atoms with E-state index < -0.39 is 0 Å². The molecule has 1 unspecified atom stereocenters. The van der Waals surface area contributed by atoms with Gasteiger partial charge in [-0.05, 0) is 42.3 Å². The highest BCUT2D eigenvalue weighted by molar-refractivity contribution is 7.22. The van der Waals surface area contributed by atoms with Crippen LogP contribution >= 0.6 is 11.3 Å². The van der Waals surface area contributed by atoms with E-state index >= 15 is 0 Å². The zero-order valence-electron chi connectivity index (χ0n) is 17.7. The van der Waals surface area contributed by atoms with Crippen LogP contribution in [0.5, 0.6) is 5.75 Å². The number of hydrogen-bond donors (Lipinski definition) is 1. The molecule has 0 saturated carbocycles. The maximum Gasteiger partial charge on any atom is 0.186 e. The molecule has 1 aromatic heterocycles. The van der Waals surface area contributed by atoms with Crippen molar-refractivity contribution >= 4 is 32.4 Å². The first-order valence-corrected chi connectivity index (χ1v) is 10.9. The minimum atomic E-state index is 0.336. The Morgan fingerprint density at radius 2 is 2.07 bits per heavy atom. The molecule has 28 heavy (non-hydrogen) atoms. The SMILES string of the molecule is Cc1c(OCCC(C)CC(C)(C)C)c(N=[NH2+])cc2sc(N3CCOCC3)nc12. The number of fused-ring (bicyclic) bond motifs is 1. The standard InChI is InChI=1S/C21H32N4O2S/c1-14(13-21(3,4)5)6-9-27-19-15(2)18-17(12-16(19)24-22)28-20(23-18)25-7-10-26-11-8-25/h12,14,22H,6-11,13H2,1-5H3/p+1. The third-order valence-corrected chi connectivity index (χ3v) is 6.14. The van der Waals surface area contributed by atoms with Gasteiger partial charge in [-0.3, -0.25) is 0 Å². The quantitative estimate of drug-likeness (QED) is 0.703. The number of nitrogens with zero attached hydrogens (tertiary/aromatic N) is 3. The van der Waals surface area contributed by atoms with Crippen LogP contribution in [-0.2, 0) is 4.74 Å². The summed E-state index contributed by atoms with van der Waals surface area (Å²) in [6.45, 7) is 15.1. The first kappa shape index (κ1) is 21.0. The second kappa shape index (κ2) is 8.74. The van der Waals surface area contributed by atoms with Crippen LogP contribution in [0.2, 0.25) is 0 Å². The van der Waals surface area contributed by atoms with Crippen LogP contribution < -0.4 is 15.2 Å². The first-order valence-electron chi connectivity index (χ1n) is 10.1. The number of aromatic nitrogens is 1. The number of benzene rings is 1. The molecule has 0 radical (unpaired) electrons. The van der Waals surface area contributed by atoms with Gasteiger partial charge in [0.15, 0.2) is 16.6 Å². The van der Waals surface area contributed by atoms with Crippen molar-refractivity contribution in [2.45, 2.75) is 47.5 Å². The number of nitrogens with two attached hydrogens (primary N) is 1. The van der Waals surface area contributed by atoms with Crippen LogP contribution in [0.1, 0.15) is 46.1 Å². The molecule has 1 aromatic carbocycles. The van der Waals surface area contributed by atoms with Gasteiger partial charge >= 0.3 is 0 Å². The van der Waals surface area contributed by atoms with Crippen molar-refractivity contribution in [1.82, 2.24) is 4.98 Å². The van der Waals surface area contributed by atoms with Gasteiger partial charge in [-0.25, -0.2) is 4.98 Å². The van der Waals surface area contributed by atoms with Gasteiger partial charge in [0, 0.05) is 18.7 Å². The Balaban J connectivity index is 1.77. The summed E-state index contributed by atoms with van der Waals surface area (Å²) in [5, 5.41) is 5.01. The third kappa shape index (κ3) is 5.00. The monoisotopic (exact) mass is 405 g/mol. The number of anilines is 1. The van der Waals surface area contributed by atoms with E-state index in [1.54, 1.807) is 11.3 Å². The molecular formula is C21H33N4O2S+. The van der Waals surface area contributed by atoms with Crippen molar-refractivity contribution < 1.29 is 15.0 Å². The van der Waals surface area contributed by atoms with E-state index in [9.17, 15) is 0 Å². The molecule has 1 aliphatic heterocycles. The zero-order valence-corrected chi connectivity index (χ0v) is 18.6. The topological polar surface area (TPSA) is 72.5 Å². The van der Waals surface area contributed by atoms with E-state index in [-0.39, 0.29) is 0 Å². The van der Waals surface area contributed by atoms with Crippen molar-refractivity contribution in [3.63, 3.8) is 0 Å². The van der Waals surface area contributed by atoms with Gasteiger partial charge in [-0.2, -0.15) is 5.53 Å². The minimum Gasteiger partial charge on any atom is -0.491 e. The normalized spacial score (nSPS) is 16.4. The molecule has 1 fully saturated rings. The summed E-state index contributed by atoms with van der Waals surface area (Å²) in [4.78, 5) is 7.17. The molecule has 154 valence electrons. The molecule has 3 rings (SSSR count). The van der Waals surface area contributed by atoms with E-state index in [1.165, 1.54) is 6.42 Å². The van der Waals surface area contributed by atoms with Gasteiger partial charge in [0.05, 0.1) is 30.0 Å². The highest BCUT2D eigenvalue weighted by Gasteiger charge is 2.21. The van der Waals surface area contributed by atoms with Crippen LogP contribution in [-0.4, -0.2) is 37.9 Å². The Hall–Kier alpha value is -1.73. The molecule has 1 aliphatic rings. The molecular weight excluding hydrogens is 372 g/mol. The Morgan fingerprint density at radius 1 is 1.36 bits per heavy atom. The van der Waals surface area contributed by atoms with Gasteiger partial charge in [0.1, 0.15) is 0 Å². The molecule has 1 saturated heterocycles. The molecule has 2 aromatic rings. The van der Waals surface area contributed by atoms with Crippen molar-refractivity contribution in [1.29, 1.82) is 0 Å². The van der Waals surface area contributed by atoms with Crippen molar-refractivity contribution in [2.24, 2.45) is 16.4 Å². The first-order chi connectivity index (χ1) is 13.3. The van der Waals surface area contributed by atoms with Crippen LogP contribution in [0.15, 0.2) is 11.2 Å². The van der Waals surface area contributed by atoms with Crippen molar-refractivity contribution in [3.05, 3.63) is 11.6 Å². The van der Waals surface area contributed by atoms with Gasteiger partial charge in [-0.1, -0.05) is 39.0 Å². The van der Waals surface area contributed by atoms with Crippen LogP contribution in [0.3, 0.4) is 0 Å². The van der Waals surface area contributed by atoms with Gasteiger partial charge in [0.25, 0.3) is 0 Å². The molecule has 1 atom stereocenters. The average molecular weight is 406 g/mol. The summed E-state index contributed by atoms with van der Waals surface area (Å²) in [6, 6.07) is 2.00. The minimum absolute atomic E-state index is 0.336. The summed E-state index contributed by atoms with van der Waals surface area (Å²) in [5.41, 5.74) is 8.71. The molecule has 2 heterocycles. The lowest BCUT2D eigenvalue weighted by atomic mass is 9.84. The molecule has 7 heteroatoms. The Labute approximate surface area is 171 Å². The fraction of sp³-hybridized carbons (Fsp3) is 0.667. The van der Waals surface area contributed by atoms with E-state index in [4.69, 9.17) is 20.0 Å². The highest BCUT2D eigenvalue weighted by Crippen LogP contribution is 2.41. The third-order valence-electron chi connectivity index (χ3n) is 5.08. The second-order valence-corrected chi connectivity index (χ2v) is 9.94. The highest BCUT2D eigenvalue weighted by atomic mass is 32.1. The summed E-state index contributed by atoms with van der Waals surface area (Å²) >= 11 is 1.68. The van der Waals surface area contributed by atoms with E-state index in [0.717, 1.165) is 59.4 Å². The second-order valence-electron chi connectivity index (χ2n) is 8.93. The number of ether oxygens (including phenoxy) is 2. The van der Waals surface area contributed by atoms with Crippen molar-refractivity contribution in [3.8, 4) is 5.75 Å². The Morgan fingerprint density at radius 3 is 2.71 bits per heavy atom. The molecule has 6 nitrogen and oxygen atoms in total. The van der Waals surface area contributed by atoms with Gasteiger partial charge in [0.2, 0.25) is 0 Å². The van der Waals surface area contributed by atoms with Crippen LogP contribution in [0.4, 0.5) is 10.8 Å². The van der Waals surface area contributed by atoms with Crippen LogP contribution in [0.25, 0.3) is 10.2 Å². The summed E-state index contributed by atoms with van der Waals surface area (Å²) < 4.78 is 12.7. The lowest BCUT2D eigenvalue weighted by Gasteiger charge is -2.25. The van der Waals surface area contributed by atoms with E-state index in [2.05, 4.69) is 37.7 Å². The summed E-state index contributed by atoms with van der Waals surface area (Å²) in [7, 11) is 0. The predicted molar refractivity (Wildman–Crippen MR) is 115 cm³/mol. The number of aryl methyl sites for hydroxylation is 1. The molecule has 0 spiro atoms. The maximum absolute atomic E-state index is 6.16. The number of morpholine rings is 1. The predicted octanol–water partition coefficient (Wildman–Crippen LogP) is 4.13. The smallest absolute Gasteiger partial charge is 0.186 e.